The Morgan fingerprint density at radius 3 is 2.28 bits per heavy atom. The number of guanidine groups is 1. The third-order valence-electron chi connectivity index (χ3n) is 6.50. The number of amides is 1. The molecule has 1 aromatic heterocycles. The number of carbonyl (C=O) groups is 1. The number of piperazine rings is 1. The topological polar surface area (TPSA) is 67.3 Å². The molecule has 0 saturated carbocycles. The van der Waals surface area contributed by atoms with Gasteiger partial charge in [-0.15, -0.1) is 24.0 Å². The highest BCUT2D eigenvalue weighted by atomic mass is 127. The van der Waals surface area contributed by atoms with E-state index in [-0.39, 0.29) is 35.9 Å². The number of hydrogen-bond acceptors (Lipinski definition) is 5. The molecule has 9 heteroatoms. The van der Waals surface area contributed by atoms with Gasteiger partial charge in [0.05, 0.1) is 6.04 Å². The fourth-order valence-electron chi connectivity index (χ4n) is 4.45. The van der Waals surface area contributed by atoms with Crippen LogP contribution in [-0.4, -0.2) is 97.0 Å². The molecular formula is C23H40IN7O. The van der Waals surface area contributed by atoms with Crippen LogP contribution in [0.1, 0.15) is 39.2 Å². The molecule has 1 atom stereocenters. The number of likely N-dealkylation sites (tertiary alicyclic amines) is 1. The first-order valence-corrected chi connectivity index (χ1v) is 11.8. The van der Waals surface area contributed by atoms with Crippen molar-refractivity contribution >= 4 is 41.7 Å². The van der Waals surface area contributed by atoms with Crippen molar-refractivity contribution in [2.45, 2.75) is 46.2 Å². The number of nitrogens with zero attached hydrogens (tertiary/aromatic N) is 6. The van der Waals surface area contributed by atoms with Crippen LogP contribution in [0, 0.1) is 0 Å². The standard InChI is InChI=1S/C23H39N7O.HI/c1-5-27(6-2)21-10-9-20(17-25-21)18-26-23(24-4)30-15-13-28(14-16-30)19(3)22(31)29-11-7-8-12-29;/h9-10,17,19H,5-8,11-16,18H2,1-4H3,(H,24,26);1H. The molecule has 32 heavy (non-hydrogen) atoms. The van der Waals surface area contributed by atoms with Gasteiger partial charge in [0, 0.05) is 72.1 Å². The molecule has 0 aromatic carbocycles. The molecule has 2 aliphatic heterocycles. The van der Waals surface area contributed by atoms with E-state index in [2.05, 4.69) is 62.9 Å². The van der Waals surface area contributed by atoms with E-state index in [1.807, 2.05) is 18.1 Å². The minimum atomic E-state index is -0.0365. The van der Waals surface area contributed by atoms with Gasteiger partial charge in [-0.3, -0.25) is 14.7 Å². The minimum Gasteiger partial charge on any atom is -0.357 e. The third-order valence-corrected chi connectivity index (χ3v) is 6.50. The van der Waals surface area contributed by atoms with Crippen molar-refractivity contribution in [1.29, 1.82) is 0 Å². The van der Waals surface area contributed by atoms with E-state index in [1.165, 1.54) is 0 Å². The lowest BCUT2D eigenvalue weighted by molar-refractivity contribution is -0.135. The number of halogens is 1. The zero-order valence-electron chi connectivity index (χ0n) is 20.1. The van der Waals surface area contributed by atoms with Gasteiger partial charge in [0.1, 0.15) is 5.82 Å². The van der Waals surface area contributed by atoms with E-state index >= 15 is 0 Å². The largest absolute Gasteiger partial charge is 0.357 e. The van der Waals surface area contributed by atoms with Gasteiger partial charge in [-0.25, -0.2) is 4.98 Å². The van der Waals surface area contributed by atoms with Crippen LogP contribution in [0.25, 0.3) is 0 Å². The molecule has 0 bridgehead atoms. The Morgan fingerprint density at radius 2 is 1.75 bits per heavy atom. The van der Waals surface area contributed by atoms with Crippen molar-refractivity contribution in [3.63, 3.8) is 0 Å². The van der Waals surface area contributed by atoms with Gasteiger partial charge < -0.3 is 20.0 Å². The molecule has 1 aromatic rings. The third kappa shape index (κ3) is 6.69. The van der Waals surface area contributed by atoms with Crippen molar-refractivity contribution in [3.8, 4) is 0 Å². The van der Waals surface area contributed by atoms with Crippen molar-refractivity contribution in [2.24, 2.45) is 4.99 Å². The second-order valence-electron chi connectivity index (χ2n) is 8.33. The van der Waals surface area contributed by atoms with E-state index in [0.29, 0.717) is 6.54 Å². The van der Waals surface area contributed by atoms with Crippen LogP contribution in [-0.2, 0) is 11.3 Å². The Hall–Kier alpha value is -1.62. The van der Waals surface area contributed by atoms with Crippen LogP contribution in [0.2, 0.25) is 0 Å². The zero-order valence-corrected chi connectivity index (χ0v) is 22.4. The molecule has 1 N–H and O–H groups in total. The Balaban J connectivity index is 0.00000363. The number of rotatable bonds is 7. The lowest BCUT2D eigenvalue weighted by Crippen LogP contribution is -2.57. The molecule has 3 heterocycles. The van der Waals surface area contributed by atoms with Crippen LogP contribution < -0.4 is 10.2 Å². The van der Waals surface area contributed by atoms with Crippen molar-refractivity contribution < 1.29 is 4.79 Å². The maximum atomic E-state index is 12.7. The van der Waals surface area contributed by atoms with Crippen molar-refractivity contribution in [1.82, 2.24) is 25.0 Å². The molecular weight excluding hydrogens is 517 g/mol. The van der Waals surface area contributed by atoms with Crippen LogP contribution in [0.4, 0.5) is 5.82 Å². The van der Waals surface area contributed by atoms with Gasteiger partial charge >= 0.3 is 0 Å². The van der Waals surface area contributed by atoms with Gasteiger partial charge in [0.15, 0.2) is 5.96 Å². The maximum absolute atomic E-state index is 12.7. The van der Waals surface area contributed by atoms with Gasteiger partial charge in [-0.1, -0.05) is 6.07 Å². The summed E-state index contributed by atoms with van der Waals surface area (Å²) in [6.07, 6.45) is 4.22. The fraction of sp³-hybridized carbons (Fsp3) is 0.696. The van der Waals surface area contributed by atoms with Crippen LogP contribution >= 0.6 is 24.0 Å². The summed E-state index contributed by atoms with van der Waals surface area (Å²) in [5.74, 6) is 2.21. The SMILES string of the molecule is CCN(CC)c1ccc(CNC(=NC)N2CCN(C(C)C(=O)N3CCCC3)CC2)cn1.I. The zero-order chi connectivity index (χ0) is 22.2. The summed E-state index contributed by atoms with van der Waals surface area (Å²) in [5.41, 5.74) is 1.14. The van der Waals surface area contributed by atoms with Gasteiger partial charge in [-0.2, -0.15) is 0 Å². The van der Waals surface area contributed by atoms with E-state index in [4.69, 9.17) is 0 Å². The first-order chi connectivity index (χ1) is 15.1. The van der Waals surface area contributed by atoms with E-state index in [1.54, 1.807) is 0 Å². The smallest absolute Gasteiger partial charge is 0.239 e. The Labute approximate surface area is 210 Å². The highest BCUT2D eigenvalue weighted by Crippen LogP contribution is 2.14. The van der Waals surface area contributed by atoms with Gasteiger partial charge in [0.25, 0.3) is 0 Å². The quantitative estimate of drug-likeness (QED) is 0.315. The summed E-state index contributed by atoms with van der Waals surface area (Å²) < 4.78 is 0. The van der Waals surface area contributed by atoms with Crippen LogP contribution in [0.3, 0.4) is 0 Å². The first-order valence-electron chi connectivity index (χ1n) is 11.8. The summed E-state index contributed by atoms with van der Waals surface area (Å²) >= 11 is 0. The molecule has 0 radical (unpaired) electrons. The number of aliphatic imine (C=N–C) groups is 1. The van der Waals surface area contributed by atoms with Crippen molar-refractivity contribution in [2.75, 3.05) is 64.3 Å². The molecule has 1 amide bonds. The fourth-order valence-corrected chi connectivity index (χ4v) is 4.45. The van der Waals surface area contributed by atoms with E-state index in [0.717, 1.165) is 82.5 Å². The van der Waals surface area contributed by atoms with E-state index in [9.17, 15) is 4.79 Å². The Bertz CT molecular complexity index is 724. The average molecular weight is 558 g/mol. The summed E-state index contributed by atoms with van der Waals surface area (Å²) in [6, 6.07) is 4.18. The molecule has 3 rings (SSSR count). The Kier molecular flexibility index (Phi) is 11.0. The number of anilines is 1. The van der Waals surface area contributed by atoms with Gasteiger partial charge in [-0.05, 0) is 45.2 Å². The second-order valence-corrected chi connectivity index (χ2v) is 8.33. The molecule has 2 aliphatic rings. The number of hydrogen-bond donors (Lipinski definition) is 1. The van der Waals surface area contributed by atoms with E-state index < -0.39 is 0 Å². The maximum Gasteiger partial charge on any atom is 0.239 e. The molecule has 1 unspecified atom stereocenters. The number of aromatic nitrogens is 1. The predicted octanol–water partition coefficient (Wildman–Crippen LogP) is 2.25. The van der Waals surface area contributed by atoms with Gasteiger partial charge in [0.2, 0.25) is 5.91 Å². The molecule has 180 valence electrons. The summed E-state index contributed by atoms with van der Waals surface area (Å²) in [6.45, 7) is 14.3. The molecule has 8 nitrogen and oxygen atoms in total. The van der Waals surface area contributed by atoms with Crippen molar-refractivity contribution in [3.05, 3.63) is 23.9 Å². The molecule has 0 aliphatic carbocycles. The predicted molar refractivity (Wildman–Crippen MR) is 142 cm³/mol. The summed E-state index contributed by atoms with van der Waals surface area (Å²) in [7, 11) is 1.83. The van der Waals surface area contributed by atoms with Crippen LogP contribution in [0.15, 0.2) is 23.3 Å². The number of pyridine rings is 1. The molecule has 2 fully saturated rings. The number of carbonyl (C=O) groups excluding carboxylic acids is 1. The molecule has 0 spiro atoms. The number of nitrogens with one attached hydrogen (secondary N) is 1. The second kappa shape index (κ2) is 13.2. The highest BCUT2D eigenvalue weighted by Gasteiger charge is 2.30. The monoisotopic (exact) mass is 557 g/mol. The normalized spacial score (nSPS) is 18.3. The van der Waals surface area contributed by atoms with Crippen LogP contribution in [0.5, 0.6) is 0 Å². The molecule has 2 saturated heterocycles. The summed E-state index contributed by atoms with van der Waals surface area (Å²) in [4.78, 5) is 30.6. The first kappa shape index (κ1) is 26.6. The average Bonchev–Trinajstić information content (AvgIpc) is 3.36. The lowest BCUT2D eigenvalue weighted by Gasteiger charge is -2.39. The lowest BCUT2D eigenvalue weighted by atomic mass is 10.2. The minimum absolute atomic E-state index is 0. The highest BCUT2D eigenvalue weighted by molar-refractivity contribution is 14.0. The Morgan fingerprint density at radius 1 is 1.09 bits per heavy atom. The summed E-state index contributed by atoms with van der Waals surface area (Å²) in [5, 5.41) is 3.47.